The molecule has 0 aliphatic carbocycles. The van der Waals surface area contributed by atoms with Gasteiger partial charge in [-0.1, -0.05) is 32.0 Å². The van der Waals surface area contributed by atoms with Crippen LogP contribution in [0.25, 0.3) is 0 Å². The van der Waals surface area contributed by atoms with Crippen molar-refractivity contribution in [3.63, 3.8) is 0 Å². The Balaban J connectivity index is 2.19. The standard InChI is InChI=1S/C15H20N2O2S2/c1-15(2,14-9-6-10-20-14)11-17-21(18,19)13-8-5-4-7-12(13)16-3/h4-10,16-17H,11H2,1-3H3. The van der Waals surface area contributed by atoms with Gasteiger partial charge >= 0.3 is 0 Å². The van der Waals surface area contributed by atoms with Crippen molar-refractivity contribution in [1.82, 2.24) is 4.72 Å². The van der Waals surface area contributed by atoms with Gasteiger partial charge in [-0.05, 0) is 23.6 Å². The maximum Gasteiger partial charge on any atom is 0.242 e. The van der Waals surface area contributed by atoms with Crippen LogP contribution in [0.5, 0.6) is 0 Å². The Morgan fingerprint density at radius 1 is 1.14 bits per heavy atom. The molecule has 6 heteroatoms. The van der Waals surface area contributed by atoms with Crippen molar-refractivity contribution in [2.24, 2.45) is 0 Å². The number of nitrogens with one attached hydrogen (secondary N) is 2. The summed E-state index contributed by atoms with van der Waals surface area (Å²) in [6.07, 6.45) is 0. The second-order valence-corrected chi connectivity index (χ2v) is 8.11. The van der Waals surface area contributed by atoms with Gasteiger partial charge in [0.05, 0.1) is 5.69 Å². The summed E-state index contributed by atoms with van der Waals surface area (Å²) < 4.78 is 27.7. The van der Waals surface area contributed by atoms with E-state index in [0.29, 0.717) is 12.2 Å². The Hall–Kier alpha value is -1.37. The van der Waals surface area contributed by atoms with Crippen LogP contribution < -0.4 is 10.0 Å². The van der Waals surface area contributed by atoms with E-state index in [1.165, 1.54) is 0 Å². The third-order valence-corrected chi connectivity index (χ3v) is 6.03. The van der Waals surface area contributed by atoms with Crippen molar-refractivity contribution in [1.29, 1.82) is 0 Å². The first-order chi connectivity index (χ1) is 9.87. The molecule has 2 N–H and O–H groups in total. The van der Waals surface area contributed by atoms with Crippen molar-refractivity contribution in [3.8, 4) is 0 Å². The lowest BCUT2D eigenvalue weighted by atomic mass is 9.92. The van der Waals surface area contributed by atoms with Gasteiger partial charge in [0.1, 0.15) is 4.90 Å². The predicted molar refractivity (Wildman–Crippen MR) is 88.5 cm³/mol. The van der Waals surface area contributed by atoms with Crippen LogP contribution in [0.2, 0.25) is 0 Å². The Labute approximate surface area is 130 Å². The van der Waals surface area contributed by atoms with Crippen molar-refractivity contribution in [3.05, 3.63) is 46.7 Å². The molecule has 114 valence electrons. The number of rotatable bonds is 6. The highest BCUT2D eigenvalue weighted by molar-refractivity contribution is 7.89. The van der Waals surface area contributed by atoms with Crippen LogP contribution in [0.4, 0.5) is 5.69 Å². The molecule has 0 amide bonds. The van der Waals surface area contributed by atoms with Crippen LogP contribution in [-0.2, 0) is 15.4 Å². The molecule has 0 aliphatic rings. The fraction of sp³-hybridized carbons (Fsp3) is 0.333. The summed E-state index contributed by atoms with van der Waals surface area (Å²) in [5.74, 6) is 0. The summed E-state index contributed by atoms with van der Waals surface area (Å²) in [5.41, 5.74) is 0.356. The van der Waals surface area contributed by atoms with E-state index in [-0.39, 0.29) is 10.3 Å². The fourth-order valence-electron chi connectivity index (χ4n) is 2.01. The number of hydrogen-bond acceptors (Lipinski definition) is 4. The zero-order chi connectivity index (χ0) is 15.5. The predicted octanol–water partition coefficient (Wildman–Crippen LogP) is 3.05. The zero-order valence-corrected chi connectivity index (χ0v) is 14.0. The minimum absolute atomic E-state index is 0.240. The summed E-state index contributed by atoms with van der Waals surface area (Å²) in [7, 11) is -1.82. The maximum atomic E-state index is 12.5. The summed E-state index contributed by atoms with van der Waals surface area (Å²) in [4.78, 5) is 1.43. The second-order valence-electron chi connectivity index (χ2n) is 5.43. The average Bonchev–Trinajstić information content (AvgIpc) is 3.00. The lowest BCUT2D eigenvalue weighted by Crippen LogP contribution is -2.36. The largest absolute Gasteiger partial charge is 0.387 e. The Morgan fingerprint density at radius 3 is 2.48 bits per heavy atom. The van der Waals surface area contributed by atoms with E-state index in [4.69, 9.17) is 0 Å². The highest BCUT2D eigenvalue weighted by atomic mass is 32.2. The van der Waals surface area contributed by atoms with E-state index < -0.39 is 10.0 Å². The first kappa shape index (κ1) is 16.0. The molecule has 1 aromatic heterocycles. The molecule has 1 heterocycles. The number of anilines is 1. The molecule has 0 spiro atoms. The minimum Gasteiger partial charge on any atom is -0.387 e. The van der Waals surface area contributed by atoms with Gasteiger partial charge in [-0.25, -0.2) is 13.1 Å². The van der Waals surface area contributed by atoms with Gasteiger partial charge in [0.15, 0.2) is 0 Å². The van der Waals surface area contributed by atoms with E-state index in [2.05, 4.69) is 10.0 Å². The molecule has 2 aromatic rings. The number of thiophene rings is 1. The van der Waals surface area contributed by atoms with Crippen LogP contribution in [0.15, 0.2) is 46.7 Å². The number of sulfonamides is 1. The van der Waals surface area contributed by atoms with Crippen LogP contribution in [0.3, 0.4) is 0 Å². The van der Waals surface area contributed by atoms with Crippen molar-refractivity contribution in [2.45, 2.75) is 24.2 Å². The lowest BCUT2D eigenvalue weighted by molar-refractivity contribution is 0.509. The van der Waals surface area contributed by atoms with E-state index in [1.54, 1.807) is 42.6 Å². The van der Waals surface area contributed by atoms with Gasteiger partial charge in [-0.15, -0.1) is 11.3 Å². The van der Waals surface area contributed by atoms with Crippen LogP contribution in [0.1, 0.15) is 18.7 Å². The average molecular weight is 324 g/mol. The molecule has 0 bridgehead atoms. The zero-order valence-electron chi connectivity index (χ0n) is 12.4. The normalized spacial score (nSPS) is 12.3. The van der Waals surface area contributed by atoms with Gasteiger partial charge in [0.25, 0.3) is 0 Å². The number of benzene rings is 1. The van der Waals surface area contributed by atoms with Crippen LogP contribution >= 0.6 is 11.3 Å². The first-order valence-corrected chi connectivity index (χ1v) is 9.03. The molecule has 0 fully saturated rings. The third-order valence-electron chi connectivity index (χ3n) is 3.34. The molecule has 0 radical (unpaired) electrons. The van der Waals surface area contributed by atoms with Gasteiger partial charge in [-0.2, -0.15) is 0 Å². The van der Waals surface area contributed by atoms with E-state index in [1.807, 2.05) is 31.4 Å². The summed E-state index contributed by atoms with van der Waals surface area (Å²) in [5, 5.41) is 4.91. The molecule has 21 heavy (non-hydrogen) atoms. The quantitative estimate of drug-likeness (QED) is 0.858. The summed E-state index contributed by atoms with van der Waals surface area (Å²) in [6, 6.07) is 10.9. The van der Waals surface area contributed by atoms with Gasteiger partial charge < -0.3 is 5.32 Å². The van der Waals surface area contributed by atoms with Gasteiger partial charge in [-0.3, -0.25) is 0 Å². The molecule has 0 saturated carbocycles. The molecule has 4 nitrogen and oxygen atoms in total. The smallest absolute Gasteiger partial charge is 0.242 e. The monoisotopic (exact) mass is 324 g/mol. The topological polar surface area (TPSA) is 58.2 Å². The molecular weight excluding hydrogens is 304 g/mol. The summed E-state index contributed by atoms with van der Waals surface area (Å²) >= 11 is 1.64. The number of para-hydroxylation sites is 1. The van der Waals surface area contributed by atoms with E-state index >= 15 is 0 Å². The lowest BCUT2D eigenvalue weighted by Gasteiger charge is -2.24. The molecule has 1 aromatic carbocycles. The van der Waals surface area contributed by atoms with E-state index in [9.17, 15) is 8.42 Å². The van der Waals surface area contributed by atoms with Crippen LogP contribution in [0, 0.1) is 0 Å². The molecule has 0 aliphatic heterocycles. The number of hydrogen-bond donors (Lipinski definition) is 2. The second kappa shape index (κ2) is 6.17. The Kier molecular flexibility index (Phi) is 4.70. The van der Waals surface area contributed by atoms with Crippen molar-refractivity contribution in [2.75, 3.05) is 18.9 Å². The fourth-order valence-corrected chi connectivity index (χ4v) is 4.29. The molecule has 0 unspecified atom stereocenters. The third kappa shape index (κ3) is 3.64. The van der Waals surface area contributed by atoms with Crippen LogP contribution in [-0.4, -0.2) is 22.0 Å². The summed E-state index contributed by atoms with van der Waals surface area (Å²) in [6.45, 7) is 4.42. The molecule has 0 saturated heterocycles. The molecule has 2 rings (SSSR count). The maximum absolute atomic E-state index is 12.5. The van der Waals surface area contributed by atoms with E-state index in [0.717, 1.165) is 4.88 Å². The van der Waals surface area contributed by atoms with Crippen molar-refractivity contribution < 1.29 is 8.42 Å². The minimum atomic E-state index is -3.54. The molecule has 0 atom stereocenters. The Bertz CT molecular complexity index is 692. The first-order valence-electron chi connectivity index (χ1n) is 6.67. The van der Waals surface area contributed by atoms with Gasteiger partial charge in [0, 0.05) is 23.9 Å². The highest BCUT2D eigenvalue weighted by Gasteiger charge is 2.26. The van der Waals surface area contributed by atoms with Gasteiger partial charge in [0.2, 0.25) is 10.0 Å². The van der Waals surface area contributed by atoms with Crippen molar-refractivity contribution >= 4 is 27.0 Å². The Morgan fingerprint density at radius 2 is 1.86 bits per heavy atom. The SMILES string of the molecule is CNc1ccccc1S(=O)(=O)NCC(C)(C)c1cccs1. The molecular formula is C15H20N2O2S2. The highest BCUT2D eigenvalue weighted by Crippen LogP contribution is 2.27.